The normalized spacial score (nSPS) is 12.7. The fourth-order valence-electron chi connectivity index (χ4n) is 2.18. The number of hydrogen-bond acceptors (Lipinski definition) is 7. The highest BCUT2D eigenvalue weighted by molar-refractivity contribution is 7.91. The van der Waals surface area contributed by atoms with Gasteiger partial charge in [-0.1, -0.05) is 23.7 Å². The second-order valence-corrected chi connectivity index (χ2v) is 8.13. The molecule has 0 amide bonds. The molecule has 1 aromatic carbocycles. The molecule has 136 valence electrons. The minimum Gasteiger partial charge on any atom is -0.479 e. The zero-order chi connectivity index (χ0) is 18.7. The maximum absolute atomic E-state index is 11.9. The first kappa shape index (κ1) is 18.3. The average molecular weight is 394 g/mol. The molecule has 0 spiro atoms. The molecular weight excluding hydrogens is 378 g/mol. The molecule has 0 bridgehead atoms. The van der Waals surface area contributed by atoms with Gasteiger partial charge in [0, 0.05) is 5.56 Å². The molecule has 2 heterocycles. The Balaban J connectivity index is 1.75. The molecule has 0 unspecified atom stereocenters. The lowest BCUT2D eigenvalue weighted by Gasteiger charge is -2.09. The van der Waals surface area contributed by atoms with Crippen LogP contribution in [0.1, 0.15) is 25.8 Å². The van der Waals surface area contributed by atoms with Gasteiger partial charge in [-0.2, -0.15) is 4.98 Å². The van der Waals surface area contributed by atoms with Crippen LogP contribution in [0.2, 0.25) is 5.15 Å². The van der Waals surface area contributed by atoms with Gasteiger partial charge in [0.2, 0.25) is 5.82 Å². The van der Waals surface area contributed by atoms with E-state index in [1.807, 2.05) is 0 Å². The molecule has 0 fully saturated rings. The summed E-state index contributed by atoms with van der Waals surface area (Å²) in [4.78, 5) is 8.51. The van der Waals surface area contributed by atoms with Crippen LogP contribution < -0.4 is 4.74 Å². The largest absolute Gasteiger partial charge is 0.479 e. The molecular formula is C17H16ClN3O4S. The Kier molecular flexibility index (Phi) is 5.24. The third kappa shape index (κ3) is 4.03. The van der Waals surface area contributed by atoms with E-state index in [1.54, 1.807) is 38.1 Å². The predicted molar refractivity (Wildman–Crippen MR) is 95.8 cm³/mol. The predicted octanol–water partition coefficient (Wildman–Crippen LogP) is 3.72. The molecule has 0 aliphatic rings. The van der Waals surface area contributed by atoms with E-state index in [4.69, 9.17) is 20.9 Å². The smallest absolute Gasteiger partial charge is 0.267 e. The third-order valence-corrected chi connectivity index (χ3v) is 5.63. The van der Waals surface area contributed by atoms with Gasteiger partial charge in [0.25, 0.3) is 5.89 Å². The summed E-state index contributed by atoms with van der Waals surface area (Å²) in [6.07, 6.45) is 1.02. The molecule has 2 aromatic heterocycles. The fraction of sp³-hybridized carbons (Fsp3) is 0.235. The van der Waals surface area contributed by atoms with E-state index in [1.165, 1.54) is 18.3 Å². The number of halogens is 1. The second kappa shape index (κ2) is 7.43. The van der Waals surface area contributed by atoms with Crippen LogP contribution in [0.5, 0.6) is 5.75 Å². The Morgan fingerprint density at radius 3 is 2.54 bits per heavy atom. The van der Waals surface area contributed by atoms with E-state index in [9.17, 15) is 8.42 Å². The summed E-state index contributed by atoms with van der Waals surface area (Å²) in [5.74, 6) is 1.22. The van der Waals surface area contributed by atoms with Crippen molar-refractivity contribution in [1.82, 2.24) is 15.1 Å². The van der Waals surface area contributed by atoms with Gasteiger partial charge in [0.1, 0.15) is 10.9 Å². The molecule has 7 nitrogen and oxygen atoms in total. The molecule has 0 aliphatic carbocycles. The zero-order valence-electron chi connectivity index (χ0n) is 14.1. The van der Waals surface area contributed by atoms with Crippen LogP contribution in [0.4, 0.5) is 0 Å². The van der Waals surface area contributed by atoms with E-state index in [0.717, 1.165) is 0 Å². The maximum atomic E-state index is 11.9. The van der Waals surface area contributed by atoms with E-state index < -0.39 is 15.9 Å². The van der Waals surface area contributed by atoms with Crippen LogP contribution in [0.3, 0.4) is 0 Å². The lowest BCUT2D eigenvalue weighted by atomic mass is 10.2. The fourth-order valence-corrected chi connectivity index (χ4v) is 3.18. The van der Waals surface area contributed by atoms with E-state index in [2.05, 4.69) is 15.1 Å². The summed E-state index contributed by atoms with van der Waals surface area (Å²) in [6.45, 7) is 3.37. The standard InChI is InChI=1S/C17H16ClN3O4S/c1-3-26(22,23)14-7-4-12(5-8-14)16-20-17(25-21-16)11(2)24-13-6-9-15(18)19-10-13/h4-11H,3H2,1-2H3/t11-/m0/s1. The summed E-state index contributed by atoms with van der Waals surface area (Å²) < 4.78 is 34.6. The highest BCUT2D eigenvalue weighted by Gasteiger charge is 2.18. The highest BCUT2D eigenvalue weighted by atomic mass is 35.5. The van der Waals surface area contributed by atoms with Gasteiger partial charge in [-0.3, -0.25) is 0 Å². The number of aromatic nitrogens is 3. The van der Waals surface area contributed by atoms with Crippen LogP contribution in [-0.2, 0) is 9.84 Å². The van der Waals surface area contributed by atoms with Crippen molar-refractivity contribution in [3.05, 3.63) is 53.6 Å². The van der Waals surface area contributed by atoms with Crippen molar-refractivity contribution >= 4 is 21.4 Å². The minimum atomic E-state index is -3.24. The number of rotatable bonds is 6. The number of ether oxygens (including phenoxy) is 1. The molecule has 0 N–H and O–H groups in total. The summed E-state index contributed by atoms with van der Waals surface area (Å²) in [5, 5.41) is 4.30. The Morgan fingerprint density at radius 2 is 1.92 bits per heavy atom. The van der Waals surface area contributed by atoms with Crippen LogP contribution in [0.15, 0.2) is 52.0 Å². The van der Waals surface area contributed by atoms with Gasteiger partial charge in [-0.05, 0) is 43.3 Å². The summed E-state index contributed by atoms with van der Waals surface area (Å²) >= 11 is 5.74. The SMILES string of the molecule is CCS(=O)(=O)c1ccc(-c2noc([C@H](C)Oc3ccc(Cl)nc3)n2)cc1. The quantitative estimate of drug-likeness (QED) is 0.589. The molecule has 1 atom stereocenters. The first-order valence-corrected chi connectivity index (χ1v) is 9.87. The first-order chi connectivity index (χ1) is 12.4. The molecule has 0 aliphatic heterocycles. The van der Waals surface area contributed by atoms with Gasteiger partial charge in [-0.25, -0.2) is 13.4 Å². The van der Waals surface area contributed by atoms with Crippen molar-refractivity contribution in [3.63, 3.8) is 0 Å². The number of pyridine rings is 1. The van der Waals surface area contributed by atoms with Gasteiger partial charge in [0.15, 0.2) is 15.9 Å². The summed E-state index contributed by atoms with van der Waals surface area (Å²) in [7, 11) is -3.24. The Bertz CT molecular complexity index is 986. The van der Waals surface area contributed by atoms with Crippen molar-refractivity contribution in [2.24, 2.45) is 0 Å². The number of benzene rings is 1. The molecule has 0 radical (unpaired) electrons. The van der Waals surface area contributed by atoms with E-state index >= 15 is 0 Å². The number of hydrogen-bond donors (Lipinski definition) is 0. The molecule has 0 saturated heterocycles. The van der Waals surface area contributed by atoms with E-state index in [0.29, 0.717) is 28.2 Å². The van der Waals surface area contributed by atoms with Crippen molar-refractivity contribution < 1.29 is 17.7 Å². The topological polar surface area (TPSA) is 95.2 Å². The monoisotopic (exact) mass is 393 g/mol. The Labute approximate surface area is 155 Å². The minimum absolute atomic E-state index is 0.0487. The highest BCUT2D eigenvalue weighted by Crippen LogP contribution is 2.24. The van der Waals surface area contributed by atoms with Gasteiger partial charge in [0.05, 0.1) is 16.8 Å². The van der Waals surface area contributed by atoms with Crippen molar-refractivity contribution in [2.45, 2.75) is 24.8 Å². The van der Waals surface area contributed by atoms with Crippen LogP contribution in [-0.4, -0.2) is 29.3 Å². The Morgan fingerprint density at radius 1 is 1.19 bits per heavy atom. The maximum Gasteiger partial charge on any atom is 0.267 e. The molecule has 26 heavy (non-hydrogen) atoms. The molecule has 3 rings (SSSR count). The van der Waals surface area contributed by atoms with E-state index in [-0.39, 0.29) is 10.6 Å². The second-order valence-electron chi connectivity index (χ2n) is 5.46. The third-order valence-electron chi connectivity index (χ3n) is 3.65. The summed E-state index contributed by atoms with van der Waals surface area (Å²) in [6, 6.07) is 9.66. The number of nitrogens with zero attached hydrogens (tertiary/aromatic N) is 3. The molecule has 3 aromatic rings. The summed E-state index contributed by atoms with van der Waals surface area (Å²) in [5.41, 5.74) is 0.649. The first-order valence-electron chi connectivity index (χ1n) is 7.84. The van der Waals surface area contributed by atoms with Crippen molar-refractivity contribution in [1.29, 1.82) is 0 Å². The lowest BCUT2D eigenvalue weighted by Crippen LogP contribution is -2.04. The average Bonchev–Trinajstić information content (AvgIpc) is 3.14. The van der Waals surface area contributed by atoms with Gasteiger partial charge >= 0.3 is 0 Å². The van der Waals surface area contributed by atoms with Crippen molar-refractivity contribution in [3.8, 4) is 17.1 Å². The van der Waals surface area contributed by atoms with Crippen LogP contribution in [0.25, 0.3) is 11.4 Å². The molecule has 9 heteroatoms. The van der Waals surface area contributed by atoms with Crippen LogP contribution >= 0.6 is 11.6 Å². The van der Waals surface area contributed by atoms with Crippen molar-refractivity contribution in [2.75, 3.05) is 5.75 Å². The number of sulfone groups is 1. The zero-order valence-corrected chi connectivity index (χ0v) is 15.7. The lowest BCUT2D eigenvalue weighted by molar-refractivity contribution is 0.175. The Hall–Kier alpha value is -2.45. The van der Waals surface area contributed by atoms with Gasteiger partial charge < -0.3 is 9.26 Å². The van der Waals surface area contributed by atoms with Crippen LogP contribution in [0, 0.1) is 0 Å². The molecule has 0 saturated carbocycles. The van der Waals surface area contributed by atoms with Gasteiger partial charge in [-0.15, -0.1) is 0 Å².